The first kappa shape index (κ1) is 22.5. The predicted molar refractivity (Wildman–Crippen MR) is 134 cm³/mol. The second-order valence-corrected chi connectivity index (χ2v) is 9.58. The van der Waals surface area contributed by atoms with Crippen molar-refractivity contribution < 1.29 is 19.4 Å². The van der Waals surface area contributed by atoms with Crippen LogP contribution < -0.4 is 0 Å². The zero-order valence-corrected chi connectivity index (χ0v) is 20.4. The Labute approximate surface area is 208 Å². The molecule has 0 spiro atoms. The van der Waals surface area contributed by atoms with Gasteiger partial charge in [-0.05, 0) is 55.3 Å². The molecule has 0 aliphatic rings. The molecule has 0 amide bonds. The van der Waals surface area contributed by atoms with Crippen molar-refractivity contribution in [1.82, 2.24) is 9.55 Å². The molecule has 0 aliphatic heterocycles. The van der Waals surface area contributed by atoms with Crippen molar-refractivity contribution in [3.63, 3.8) is 0 Å². The van der Waals surface area contributed by atoms with Crippen molar-refractivity contribution in [3.05, 3.63) is 81.2 Å². The summed E-state index contributed by atoms with van der Waals surface area (Å²) in [5.74, 6) is -1.10. The Hall–Kier alpha value is -3.26. The van der Waals surface area contributed by atoms with E-state index in [1.807, 2.05) is 18.2 Å². The van der Waals surface area contributed by atoms with Crippen LogP contribution in [0.2, 0.25) is 10.0 Å². The number of benzene rings is 2. The van der Waals surface area contributed by atoms with Gasteiger partial charge in [-0.25, -0.2) is 4.98 Å². The van der Waals surface area contributed by atoms with E-state index in [9.17, 15) is 15.0 Å². The van der Waals surface area contributed by atoms with Gasteiger partial charge in [0.05, 0.1) is 31.5 Å². The standard InChI is InChI=1S/C25H18Cl2N2O4S/c1-3-13-5-8-17-19(10-13)34-25(28-17)29-21(14-6-7-15(26)16(27)11-14)20(23(31)24(29)32)22(30)18-9-4-12(2)33-18/h4-11,31-32H,3H2,1-2H3. The van der Waals surface area contributed by atoms with E-state index >= 15 is 0 Å². The van der Waals surface area contributed by atoms with Crippen molar-refractivity contribution in [3.8, 4) is 28.0 Å². The Kier molecular flexibility index (Phi) is 5.64. The van der Waals surface area contributed by atoms with Crippen LogP contribution in [-0.2, 0) is 6.42 Å². The zero-order chi connectivity index (χ0) is 24.1. The van der Waals surface area contributed by atoms with Crippen LogP contribution in [0.15, 0.2) is 52.9 Å². The lowest BCUT2D eigenvalue weighted by atomic mass is 10.0. The first-order chi connectivity index (χ1) is 16.3. The van der Waals surface area contributed by atoms with Crippen LogP contribution in [0.5, 0.6) is 11.6 Å². The van der Waals surface area contributed by atoms with Crippen LogP contribution in [0.3, 0.4) is 0 Å². The van der Waals surface area contributed by atoms with Gasteiger partial charge >= 0.3 is 0 Å². The number of halogens is 2. The van der Waals surface area contributed by atoms with Gasteiger partial charge in [0.15, 0.2) is 16.6 Å². The van der Waals surface area contributed by atoms with Gasteiger partial charge in [-0.2, -0.15) is 0 Å². The molecule has 5 rings (SSSR count). The van der Waals surface area contributed by atoms with Crippen LogP contribution in [0.4, 0.5) is 0 Å². The number of rotatable bonds is 5. The Balaban J connectivity index is 1.81. The summed E-state index contributed by atoms with van der Waals surface area (Å²) in [4.78, 5) is 18.1. The van der Waals surface area contributed by atoms with E-state index < -0.39 is 17.4 Å². The summed E-state index contributed by atoms with van der Waals surface area (Å²) in [7, 11) is 0. The first-order valence-electron chi connectivity index (χ1n) is 10.4. The number of ketones is 1. The summed E-state index contributed by atoms with van der Waals surface area (Å²) in [6.07, 6.45) is 0.870. The highest BCUT2D eigenvalue weighted by Crippen LogP contribution is 2.46. The fourth-order valence-electron chi connectivity index (χ4n) is 3.82. The maximum atomic E-state index is 13.4. The Morgan fingerprint density at radius 1 is 1.09 bits per heavy atom. The fraction of sp³-hybridized carbons (Fsp3) is 0.120. The van der Waals surface area contributed by atoms with E-state index in [0.717, 1.165) is 22.2 Å². The van der Waals surface area contributed by atoms with Gasteiger partial charge < -0.3 is 14.6 Å². The minimum Gasteiger partial charge on any atom is -0.503 e. The highest BCUT2D eigenvalue weighted by atomic mass is 35.5. The van der Waals surface area contributed by atoms with E-state index in [1.165, 1.54) is 22.0 Å². The van der Waals surface area contributed by atoms with Gasteiger partial charge in [0.2, 0.25) is 11.7 Å². The first-order valence-corrected chi connectivity index (χ1v) is 12.0. The lowest BCUT2D eigenvalue weighted by Gasteiger charge is -2.10. The minimum atomic E-state index is -0.588. The fourth-order valence-corrected chi connectivity index (χ4v) is 5.15. The minimum absolute atomic E-state index is 0.0307. The van der Waals surface area contributed by atoms with E-state index in [2.05, 4.69) is 11.9 Å². The van der Waals surface area contributed by atoms with Gasteiger partial charge in [-0.15, -0.1) is 0 Å². The third-order valence-electron chi connectivity index (χ3n) is 5.55. The van der Waals surface area contributed by atoms with Gasteiger partial charge in [0, 0.05) is 5.56 Å². The van der Waals surface area contributed by atoms with Gasteiger partial charge in [0.25, 0.3) is 0 Å². The maximum absolute atomic E-state index is 13.4. The highest BCUT2D eigenvalue weighted by Gasteiger charge is 2.32. The predicted octanol–water partition coefficient (Wildman–Crippen LogP) is 7.17. The molecule has 3 aromatic heterocycles. The highest BCUT2D eigenvalue weighted by molar-refractivity contribution is 7.20. The van der Waals surface area contributed by atoms with Gasteiger partial charge in [-0.3, -0.25) is 9.36 Å². The summed E-state index contributed by atoms with van der Waals surface area (Å²) >= 11 is 13.7. The summed E-state index contributed by atoms with van der Waals surface area (Å²) in [6, 6.07) is 13.9. The molecule has 0 aliphatic carbocycles. The van der Waals surface area contributed by atoms with E-state index in [4.69, 9.17) is 27.6 Å². The Morgan fingerprint density at radius 3 is 2.56 bits per heavy atom. The molecule has 5 aromatic rings. The number of aromatic nitrogens is 2. The number of aromatic hydroxyl groups is 2. The largest absolute Gasteiger partial charge is 0.503 e. The Morgan fingerprint density at radius 2 is 1.88 bits per heavy atom. The van der Waals surface area contributed by atoms with Crippen molar-refractivity contribution >= 4 is 50.5 Å². The molecule has 0 saturated carbocycles. The van der Waals surface area contributed by atoms with Crippen molar-refractivity contribution in [2.75, 3.05) is 0 Å². The lowest BCUT2D eigenvalue weighted by Crippen LogP contribution is -2.04. The second kappa shape index (κ2) is 8.51. The smallest absolute Gasteiger partial charge is 0.242 e. The number of hydrogen-bond acceptors (Lipinski definition) is 6. The summed E-state index contributed by atoms with van der Waals surface area (Å²) < 4.78 is 7.77. The van der Waals surface area contributed by atoms with Crippen molar-refractivity contribution in [2.24, 2.45) is 0 Å². The molecular weight excluding hydrogens is 495 g/mol. The van der Waals surface area contributed by atoms with Gasteiger partial charge in [0.1, 0.15) is 5.76 Å². The Bertz CT molecular complexity index is 1580. The molecule has 34 heavy (non-hydrogen) atoms. The number of furan rings is 1. The SMILES string of the molecule is CCc1ccc2nc(-n3c(O)c(O)c(C(=O)c4ccc(C)o4)c3-c3ccc(Cl)c(Cl)c3)sc2c1. The van der Waals surface area contributed by atoms with E-state index in [-0.39, 0.29) is 22.0 Å². The van der Waals surface area contributed by atoms with Gasteiger partial charge in [-0.1, -0.05) is 53.6 Å². The molecule has 9 heteroatoms. The number of hydrogen-bond donors (Lipinski definition) is 2. The molecule has 0 atom stereocenters. The lowest BCUT2D eigenvalue weighted by molar-refractivity contribution is 0.101. The second-order valence-electron chi connectivity index (χ2n) is 7.75. The van der Waals surface area contributed by atoms with Crippen molar-refractivity contribution in [1.29, 1.82) is 0 Å². The van der Waals surface area contributed by atoms with Crippen LogP contribution in [0, 0.1) is 6.92 Å². The number of thiazole rings is 1. The molecule has 172 valence electrons. The monoisotopic (exact) mass is 512 g/mol. The van der Waals surface area contributed by atoms with E-state index in [0.29, 0.717) is 21.5 Å². The molecule has 6 nitrogen and oxygen atoms in total. The molecule has 0 bridgehead atoms. The average molecular weight is 513 g/mol. The molecule has 0 fully saturated rings. The quantitative estimate of drug-likeness (QED) is 0.243. The number of fused-ring (bicyclic) bond motifs is 1. The molecule has 2 N–H and O–H groups in total. The van der Waals surface area contributed by atoms with Crippen LogP contribution in [0.1, 0.15) is 34.4 Å². The summed E-state index contributed by atoms with van der Waals surface area (Å²) in [5, 5.41) is 22.9. The molecular formula is C25H18Cl2N2O4S. The van der Waals surface area contributed by atoms with Crippen LogP contribution in [0.25, 0.3) is 26.6 Å². The molecule has 2 aromatic carbocycles. The summed E-state index contributed by atoms with van der Waals surface area (Å²) in [6.45, 7) is 3.78. The average Bonchev–Trinajstić information content (AvgIpc) is 3.51. The topological polar surface area (TPSA) is 88.5 Å². The molecule has 3 heterocycles. The summed E-state index contributed by atoms with van der Waals surface area (Å²) in [5.41, 5.74) is 2.45. The maximum Gasteiger partial charge on any atom is 0.242 e. The molecule has 0 radical (unpaired) electrons. The van der Waals surface area contributed by atoms with E-state index in [1.54, 1.807) is 31.2 Å². The van der Waals surface area contributed by atoms with Crippen molar-refractivity contribution in [2.45, 2.75) is 20.3 Å². The van der Waals surface area contributed by atoms with Crippen LogP contribution >= 0.6 is 34.5 Å². The number of carbonyl (C=O) groups excluding carboxylic acids is 1. The third-order valence-corrected chi connectivity index (χ3v) is 7.29. The normalized spacial score (nSPS) is 11.4. The zero-order valence-electron chi connectivity index (χ0n) is 18.1. The molecule has 0 unspecified atom stereocenters. The molecule has 0 saturated heterocycles. The number of nitrogens with zero attached hydrogens (tertiary/aromatic N) is 2. The van der Waals surface area contributed by atoms with Crippen LogP contribution in [-0.4, -0.2) is 25.5 Å². The number of aryl methyl sites for hydroxylation is 2. The third kappa shape index (κ3) is 3.66. The number of carbonyl (C=O) groups is 1.